The molecule has 0 amide bonds. The van der Waals surface area contributed by atoms with Gasteiger partial charge >= 0.3 is 0 Å². The highest BCUT2D eigenvalue weighted by molar-refractivity contribution is 5.17. The number of nitrogens with zero attached hydrogens (tertiary/aromatic N) is 2. The number of rotatable bonds is 5. The standard InChI is InChI=1S/C12H21N3O/c1-9(8-16)15(3)12(10(2)13)11-4-6-14-7-5-11/h4-7,9-10,12,16H,8,13H2,1-3H3. The average molecular weight is 223 g/mol. The van der Waals surface area contributed by atoms with Crippen LogP contribution in [0.25, 0.3) is 0 Å². The summed E-state index contributed by atoms with van der Waals surface area (Å²) in [4.78, 5) is 6.10. The number of nitrogens with two attached hydrogens (primary N) is 1. The lowest BCUT2D eigenvalue weighted by atomic mass is 9.99. The molecule has 0 saturated carbocycles. The molecule has 0 saturated heterocycles. The molecule has 1 rings (SSSR count). The minimum atomic E-state index is 0.00130. The van der Waals surface area contributed by atoms with Crippen LogP contribution in [0, 0.1) is 0 Å². The second kappa shape index (κ2) is 5.94. The van der Waals surface area contributed by atoms with Gasteiger partial charge in [-0.1, -0.05) is 0 Å². The molecule has 0 aliphatic carbocycles. The number of hydrogen-bond donors (Lipinski definition) is 2. The molecule has 0 fully saturated rings. The van der Waals surface area contributed by atoms with Gasteiger partial charge in [-0.15, -0.1) is 0 Å². The second-order valence-electron chi connectivity index (χ2n) is 4.28. The molecule has 0 bridgehead atoms. The van der Waals surface area contributed by atoms with Crippen molar-refractivity contribution >= 4 is 0 Å². The van der Waals surface area contributed by atoms with E-state index in [0.717, 1.165) is 5.56 Å². The van der Waals surface area contributed by atoms with Crippen molar-refractivity contribution in [3.63, 3.8) is 0 Å². The van der Waals surface area contributed by atoms with Crippen LogP contribution in [0.1, 0.15) is 25.5 Å². The first-order valence-electron chi connectivity index (χ1n) is 5.56. The van der Waals surface area contributed by atoms with Gasteiger partial charge in [0.05, 0.1) is 6.61 Å². The highest BCUT2D eigenvalue weighted by Gasteiger charge is 2.24. The van der Waals surface area contributed by atoms with E-state index in [-0.39, 0.29) is 24.7 Å². The Kier molecular flexibility index (Phi) is 4.86. The Morgan fingerprint density at radius 1 is 1.38 bits per heavy atom. The zero-order valence-electron chi connectivity index (χ0n) is 10.2. The van der Waals surface area contributed by atoms with Gasteiger partial charge in [-0.25, -0.2) is 0 Å². The molecular formula is C12H21N3O. The lowest BCUT2D eigenvalue weighted by Gasteiger charge is -2.35. The zero-order chi connectivity index (χ0) is 12.1. The lowest BCUT2D eigenvalue weighted by molar-refractivity contribution is 0.109. The minimum Gasteiger partial charge on any atom is -0.395 e. The van der Waals surface area contributed by atoms with E-state index in [1.54, 1.807) is 12.4 Å². The van der Waals surface area contributed by atoms with Gasteiger partial charge in [-0.2, -0.15) is 0 Å². The van der Waals surface area contributed by atoms with Crippen LogP contribution in [0.3, 0.4) is 0 Å². The number of hydrogen-bond acceptors (Lipinski definition) is 4. The fraction of sp³-hybridized carbons (Fsp3) is 0.583. The molecule has 0 radical (unpaired) electrons. The lowest BCUT2D eigenvalue weighted by Crippen LogP contribution is -2.43. The predicted molar refractivity (Wildman–Crippen MR) is 64.9 cm³/mol. The molecule has 1 heterocycles. The first-order valence-corrected chi connectivity index (χ1v) is 5.56. The van der Waals surface area contributed by atoms with Crippen LogP contribution < -0.4 is 5.73 Å². The van der Waals surface area contributed by atoms with Gasteiger partial charge in [0.1, 0.15) is 0 Å². The first kappa shape index (κ1) is 13.1. The molecule has 0 aliphatic rings. The van der Waals surface area contributed by atoms with Gasteiger partial charge in [0, 0.05) is 30.5 Å². The van der Waals surface area contributed by atoms with Crippen LogP contribution in [0.4, 0.5) is 0 Å². The number of pyridine rings is 1. The summed E-state index contributed by atoms with van der Waals surface area (Å²) in [6.45, 7) is 4.09. The van der Waals surface area contributed by atoms with Crippen LogP contribution in [0.5, 0.6) is 0 Å². The fourth-order valence-electron chi connectivity index (χ4n) is 1.87. The zero-order valence-corrected chi connectivity index (χ0v) is 10.2. The van der Waals surface area contributed by atoms with Crippen molar-refractivity contribution in [1.82, 2.24) is 9.88 Å². The predicted octanol–water partition coefficient (Wildman–Crippen LogP) is 0.783. The SMILES string of the molecule is CC(N)C(c1ccncc1)N(C)C(C)CO. The Morgan fingerprint density at radius 3 is 2.38 bits per heavy atom. The maximum atomic E-state index is 9.19. The van der Waals surface area contributed by atoms with E-state index in [4.69, 9.17) is 5.73 Å². The van der Waals surface area contributed by atoms with E-state index in [0.29, 0.717) is 0 Å². The first-order chi connectivity index (χ1) is 7.57. The molecule has 3 unspecified atom stereocenters. The van der Waals surface area contributed by atoms with Crippen LogP contribution >= 0.6 is 0 Å². The maximum absolute atomic E-state index is 9.19. The van der Waals surface area contributed by atoms with Gasteiger partial charge in [0.2, 0.25) is 0 Å². The van der Waals surface area contributed by atoms with Crippen molar-refractivity contribution in [2.45, 2.75) is 32.0 Å². The molecule has 3 N–H and O–H groups in total. The highest BCUT2D eigenvalue weighted by atomic mass is 16.3. The Labute approximate surface area is 97.1 Å². The third kappa shape index (κ3) is 3.01. The van der Waals surface area contributed by atoms with Crippen LogP contribution in [0.15, 0.2) is 24.5 Å². The summed E-state index contributed by atoms with van der Waals surface area (Å²) in [6.07, 6.45) is 3.53. The third-order valence-electron chi connectivity index (χ3n) is 2.94. The minimum absolute atomic E-state index is 0.00130. The molecule has 90 valence electrons. The van der Waals surface area contributed by atoms with Crippen LogP contribution in [-0.2, 0) is 0 Å². The Morgan fingerprint density at radius 2 is 1.94 bits per heavy atom. The normalized spacial score (nSPS) is 17.1. The molecule has 16 heavy (non-hydrogen) atoms. The largest absolute Gasteiger partial charge is 0.395 e. The summed E-state index contributed by atoms with van der Waals surface area (Å²) in [7, 11) is 1.98. The molecule has 1 aromatic heterocycles. The topological polar surface area (TPSA) is 62.4 Å². The Bertz CT molecular complexity index is 302. The van der Waals surface area contributed by atoms with E-state index in [1.165, 1.54) is 0 Å². The van der Waals surface area contributed by atoms with Gasteiger partial charge < -0.3 is 10.8 Å². The summed E-state index contributed by atoms with van der Waals surface area (Å²) in [6, 6.07) is 4.12. The van der Waals surface area contributed by atoms with Gasteiger partial charge in [-0.3, -0.25) is 9.88 Å². The fourth-order valence-corrected chi connectivity index (χ4v) is 1.87. The van der Waals surface area contributed by atoms with E-state index < -0.39 is 0 Å². The quantitative estimate of drug-likeness (QED) is 0.774. The highest BCUT2D eigenvalue weighted by Crippen LogP contribution is 2.23. The Hall–Kier alpha value is -0.970. The molecule has 0 spiro atoms. The molecular weight excluding hydrogens is 202 g/mol. The van der Waals surface area contributed by atoms with Crippen molar-refractivity contribution in [2.24, 2.45) is 5.73 Å². The van der Waals surface area contributed by atoms with Crippen molar-refractivity contribution in [3.05, 3.63) is 30.1 Å². The summed E-state index contributed by atoms with van der Waals surface area (Å²) < 4.78 is 0. The molecule has 4 nitrogen and oxygen atoms in total. The molecule has 0 aliphatic heterocycles. The number of likely N-dealkylation sites (N-methyl/N-ethyl adjacent to an activating group) is 1. The number of aliphatic hydroxyl groups is 1. The monoisotopic (exact) mass is 223 g/mol. The second-order valence-corrected chi connectivity index (χ2v) is 4.28. The average Bonchev–Trinajstić information content (AvgIpc) is 2.29. The molecule has 1 aromatic rings. The van der Waals surface area contributed by atoms with Crippen molar-refractivity contribution in [3.8, 4) is 0 Å². The molecule has 0 aromatic carbocycles. The van der Waals surface area contributed by atoms with Gasteiger partial charge in [0.15, 0.2) is 0 Å². The maximum Gasteiger partial charge on any atom is 0.0584 e. The number of aliphatic hydroxyl groups excluding tert-OH is 1. The molecule has 4 heteroatoms. The summed E-state index contributed by atoms with van der Waals surface area (Å²) in [5.74, 6) is 0. The molecule has 3 atom stereocenters. The number of aromatic nitrogens is 1. The van der Waals surface area contributed by atoms with E-state index in [9.17, 15) is 5.11 Å². The summed E-state index contributed by atoms with van der Waals surface area (Å²) in [5, 5.41) is 9.19. The third-order valence-corrected chi connectivity index (χ3v) is 2.94. The van der Waals surface area contributed by atoms with E-state index in [2.05, 4.69) is 9.88 Å². The van der Waals surface area contributed by atoms with Crippen molar-refractivity contribution < 1.29 is 5.11 Å². The van der Waals surface area contributed by atoms with Crippen molar-refractivity contribution in [1.29, 1.82) is 0 Å². The summed E-state index contributed by atoms with van der Waals surface area (Å²) >= 11 is 0. The van der Waals surface area contributed by atoms with Crippen molar-refractivity contribution in [2.75, 3.05) is 13.7 Å². The van der Waals surface area contributed by atoms with Crippen LogP contribution in [0.2, 0.25) is 0 Å². The van der Waals surface area contributed by atoms with E-state index in [1.807, 2.05) is 33.0 Å². The van der Waals surface area contributed by atoms with Gasteiger partial charge in [-0.05, 0) is 38.6 Å². The van der Waals surface area contributed by atoms with Crippen LogP contribution in [-0.4, -0.2) is 40.7 Å². The van der Waals surface area contributed by atoms with Gasteiger partial charge in [0.25, 0.3) is 0 Å². The van der Waals surface area contributed by atoms with E-state index >= 15 is 0 Å². The smallest absolute Gasteiger partial charge is 0.0584 e. The summed E-state index contributed by atoms with van der Waals surface area (Å²) in [5.41, 5.74) is 7.15. The Balaban J connectivity index is 2.92.